The predicted octanol–water partition coefficient (Wildman–Crippen LogP) is 2.49. The molecule has 0 aliphatic carbocycles. The number of anilines is 1. The van der Waals surface area contributed by atoms with Crippen molar-refractivity contribution in [3.63, 3.8) is 0 Å². The van der Waals surface area contributed by atoms with Crippen molar-refractivity contribution in [1.82, 2.24) is 4.90 Å². The first kappa shape index (κ1) is 17.3. The van der Waals surface area contributed by atoms with Crippen molar-refractivity contribution in [3.05, 3.63) is 29.8 Å². The Balaban J connectivity index is 2.76. The van der Waals surface area contributed by atoms with Gasteiger partial charge in [0.05, 0.1) is 19.3 Å². The SMILES string of the molecule is CO[C@H](C)c1cccc(NC(=O)N(CCO)CC(F)F)c1. The molecule has 0 saturated carbocycles. The number of hydrogen-bond acceptors (Lipinski definition) is 3. The zero-order chi connectivity index (χ0) is 15.8. The number of alkyl halides is 2. The van der Waals surface area contributed by atoms with Gasteiger partial charge in [0.25, 0.3) is 6.43 Å². The Morgan fingerprint density at radius 2 is 2.19 bits per heavy atom. The second kappa shape index (κ2) is 8.53. The Morgan fingerprint density at radius 3 is 2.76 bits per heavy atom. The predicted molar refractivity (Wildman–Crippen MR) is 75.5 cm³/mol. The zero-order valence-corrected chi connectivity index (χ0v) is 12.1. The van der Waals surface area contributed by atoms with Crippen LogP contribution in [0.1, 0.15) is 18.6 Å². The van der Waals surface area contributed by atoms with E-state index in [0.29, 0.717) is 5.69 Å². The van der Waals surface area contributed by atoms with Crippen LogP contribution in [0.5, 0.6) is 0 Å². The standard InChI is InChI=1S/C14H20F2N2O3/c1-10(21-2)11-4-3-5-12(8-11)17-14(20)18(6-7-19)9-13(15)16/h3-5,8,10,13,19H,6-7,9H2,1-2H3,(H,17,20)/t10-/m1/s1. The first-order valence-corrected chi connectivity index (χ1v) is 6.55. The van der Waals surface area contributed by atoms with Crippen LogP contribution in [0.2, 0.25) is 0 Å². The summed E-state index contributed by atoms with van der Waals surface area (Å²) in [4.78, 5) is 12.8. The van der Waals surface area contributed by atoms with E-state index in [1.807, 2.05) is 13.0 Å². The number of amides is 2. The summed E-state index contributed by atoms with van der Waals surface area (Å²) in [7, 11) is 1.57. The molecule has 1 atom stereocenters. The van der Waals surface area contributed by atoms with E-state index in [2.05, 4.69) is 5.32 Å². The fourth-order valence-corrected chi connectivity index (χ4v) is 1.77. The molecule has 2 amide bonds. The molecule has 0 unspecified atom stereocenters. The molecule has 5 nitrogen and oxygen atoms in total. The number of hydrogen-bond donors (Lipinski definition) is 2. The lowest BCUT2D eigenvalue weighted by molar-refractivity contribution is 0.0943. The van der Waals surface area contributed by atoms with Gasteiger partial charge < -0.3 is 20.1 Å². The summed E-state index contributed by atoms with van der Waals surface area (Å²) < 4.78 is 30.0. The molecule has 0 aliphatic rings. The monoisotopic (exact) mass is 302 g/mol. The lowest BCUT2D eigenvalue weighted by atomic mass is 10.1. The third-order valence-electron chi connectivity index (χ3n) is 2.98. The van der Waals surface area contributed by atoms with Crippen LogP contribution in [0.15, 0.2) is 24.3 Å². The topological polar surface area (TPSA) is 61.8 Å². The van der Waals surface area contributed by atoms with Gasteiger partial charge in [0.2, 0.25) is 0 Å². The number of aliphatic hydroxyl groups excluding tert-OH is 1. The molecule has 118 valence electrons. The molecule has 0 saturated heterocycles. The summed E-state index contributed by atoms with van der Waals surface area (Å²) in [6.45, 7) is 0.613. The number of nitrogens with one attached hydrogen (secondary N) is 1. The minimum atomic E-state index is -2.65. The average molecular weight is 302 g/mol. The number of rotatable bonds is 7. The number of aliphatic hydroxyl groups is 1. The maximum Gasteiger partial charge on any atom is 0.322 e. The molecule has 0 spiro atoms. The minimum absolute atomic E-state index is 0.142. The Bertz CT molecular complexity index is 458. The van der Waals surface area contributed by atoms with Crippen LogP contribution in [0.4, 0.5) is 19.3 Å². The van der Waals surface area contributed by atoms with Crippen molar-refractivity contribution < 1.29 is 23.4 Å². The molecule has 0 bridgehead atoms. The van der Waals surface area contributed by atoms with Crippen molar-refractivity contribution in [2.24, 2.45) is 0 Å². The number of ether oxygens (including phenoxy) is 1. The molecule has 0 aromatic heterocycles. The van der Waals surface area contributed by atoms with Gasteiger partial charge in [-0.1, -0.05) is 12.1 Å². The normalized spacial score (nSPS) is 12.3. The summed E-state index contributed by atoms with van der Waals surface area (Å²) in [6, 6.07) is 6.28. The van der Waals surface area contributed by atoms with Crippen molar-refractivity contribution >= 4 is 11.7 Å². The van der Waals surface area contributed by atoms with E-state index < -0.39 is 19.0 Å². The minimum Gasteiger partial charge on any atom is -0.395 e. The molecule has 1 aromatic rings. The molecular formula is C14H20F2N2O3. The third-order valence-corrected chi connectivity index (χ3v) is 2.98. The van der Waals surface area contributed by atoms with Crippen LogP contribution >= 0.6 is 0 Å². The second-order valence-corrected chi connectivity index (χ2v) is 4.49. The van der Waals surface area contributed by atoms with Gasteiger partial charge in [-0.3, -0.25) is 0 Å². The van der Waals surface area contributed by atoms with Gasteiger partial charge in [-0.15, -0.1) is 0 Å². The van der Waals surface area contributed by atoms with Gasteiger partial charge in [0.15, 0.2) is 0 Å². The number of carbonyl (C=O) groups excluding carboxylic acids is 1. The molecule has 2 N–H and O–H groups in total. The summed E-state index contributed by atoms with van der Waals surface area (Å²) in [5.74, 6) is 0. The summed E-state index contributed by atoms with van der Waals surface area (Å²) >= 11 is 0. The summed E-state index contributed by atoms with van der Waals surface area (Å²) in [6.07, 6.45) is -2.79. The van der Waals surface area contributed by atoms with Gasteiger partial charge in [0, 0.05) is 19.3 Å². The van der Waals surface area contributed by atoms with Crippen molar-refractivity contribution in [2.75, 3.05) is 32.1 Å². The highest BCUT2D eigenvalue weighted by atomic mass is 19.3. The average Bonchev–Trinajstić information content (AvgIpc) is 2.45. The molecule has 0 fully saturated rings. The number of carbonyl (C=O) groups is 1. The van der Waals surface area contributed by atoms with Crippen LogP contribution in [0, 0.1) is 0 Å². The molecule has 21 heavy (non-hydrogen) atoms. The highest BCUT2D eigenvalue weighted by Gasteiger charge is 2.18. The van der Waals surface area contributed by atoms with Crippen LogP contribution in [0.3, 0.4) is 0 Å². The highest BCUT2D eigenvalue weighted by molar-refractivity contribution is 5.89. The third kappa shape index (κ3) is 5.65. The second-order valence-electron chi connectivity index (χ2n) is 4.49. The first-order valence-electron chi connectivity index (χ1n) is 6.55. The maximum atomic E-state index is 12.4. The van der Waals surface area contributed by atoms with E-state index in [4.69, 9.17) is 9.84 Å². The molecule has 1 aromatic carbocycles. The fourth-order valence-electron chi connectivity index (χ4n) is 1.77. The maximum absolute atomic E-state index is 12.4. The number of benzene rings is 1. The number of methoxy groups -OCH3 is 1. The lowest BCUT2D eigenvalue weighted by Crippen LogP contribution is -2.40. The van der Waals surface area contributed by atoms with Crippen LogP contribution in [0.25, 0.3) is 0 Å². The Morgan fingerprint density at radius 1 is 1.48 bits per heavy atom. The highest BCUT2D eigenvalue weighted by Crippen LogP contribution is 2.19. The van der Waals surface area contributed by atoms with Crippen molar-refractivity contribution in [2.45, 2.75) is 19.5 Å². The Hall–Kier alpha value is -1.73. The molecule has 1 rings (SSSR count). The lowest BCUT2D eigenvalue weighted by Gasteiger charge is -2.22. The Labute approximate surface area is 122 Å². The largest absolute Gasteiger partial charge is 0.395 e. The molecule has 0 radical (unpaired) electrons. The van der Waals surface area contributed by atoms with Crippen LogP contribution in [-0.4, -0.2) is 49.3 Å². The molecule has 0 heterocycles. The van der Waals surface area contributed by atoms with Crippen LogP contribution < -0.4 is 5.32 Å². The van der Waals surface area contributed by atoms with E-state index in [1.165, 1.54) is 0 Å². The van der Waals surface area contributed by atoms with E-state index >= 15 is 0 Å². The van der Waals surface area contributed by atoms with Gasteiger partial charge in [-0.05, 0) is 24.6 Å². The van der Waals surface area contributed by atoms with E-state index in [0.717, 1.165) is 10.5 Å². The summed E-state index contributed by atoms with van der Waals surface area (Å²) in [5, 5.41) is 11.4. The van der Waals surface area contributed by atoms with E-state index in [-0.39, 0.29) is 19.3 Å². The van der Waals surface area contributed by atoms with Gasteiger partial charge >= 0.3 is 6.03 Å². The number of halogens is 2. The van der Waals surface area contributed by atoms with Crippen LogP contribution in [-0.2, 0) is 4.74 Å². The van der Waals surface area contributed by atoms with Gasteiger partial charge in [-0.25, -0.2) is 13.6 Å². The van der Waals surface area contributed by atoms with Crippen molar-refractivity contribution in [1.29, 1.82) is 0 Å². The fraction of sp³-hybridized carbons (Fsp3) is 0.500. The van der Waals surface area contributed by atoms with Gasteiger partial charge in [-0.2, -0.15) is 0 Å². The summed E-state index contributed by atoms with van der Waals surface area (Å²) in [5.41, 5.74) is 1.34. The zero-order valence-electron chi connectivity index (χ0n) is 12.1. The molecule has 0 aliphatic heterocycles. The number of nitrogens with zero attached hydrogens (tertiary/aromatic N) is 1. The molecular weight excluding hydrogens is 282 g/mol. The first-order chi connectivity index (χ1) is 9.97. The van der Waals surface area contributed by atoms with Gasteiger partial charge in [0.1, 0.15) is 0 Å². The van der Waals surface area contributed by atoms with Crippen molar-refractivity contribution in [3.8, 4) is 0 Å². The van der Waals surface area contributed by atoms with E-state index in [1.54, 1.807) is 25.3 Å². The number of urea groups is 1. The quantitative estimate of drug-likeness (QED) is 0.813. The molecule has 7 heteroatoms. The Kier molecular flexibility index (Phi) is 7.04. The van der Waals surface area contributed by atoms with E-state index in [9.17, 15) is 13.6 Å². The smallest absolute Gasteiger partial charge is 0.322 e.